The average molecular weight is 428 g/mol. The summed E-state index contributed by atoms with van der Waals surface area (Å²) in [6.07, 6.45) is 1.56. The van der Waals surface area contributed by atoms with E-state index >= 15 is 0 Å². The molecule has 1 aliphatic heterocycles. The third kappa shape index (κ3) is 6.03. The number of hydrogen-bond donors (Lipinski definition) is 0. The van der Waals surface area contributed by atoms with Crippen LogP contribution in [0.25, 0.3) is 0 Å². The van der Waals surface area contributed by atoms with Gasteiger partial charge in [0.25, 0.3) is 0 Å². The van der Waals surface area contributed by atoms with Crippen LogP contribution in [0.3, 0.4) is 0 Å². The van der Waals surface area contributed by atoms with Crippen LogP contribution in [-0.4, -0.2) is 29.4 Å². The number of benzene rings is 2. The van der Waals surface area contributed by atoms with Gasteiger partial charge in [-0.05, 0) is 42.3 Å². The average Bonchev–Trinajstić information content (AvgIpc) is 2.76. The quantitative estimate of drug-likeness (QED) is 0.440. The molecular formula is C23H19FKN3O2. The molecule has 1 fully saturated rings. The third-order valence-electron chi connectivity index (χ3n) is 4.74. The Balaban J connectivity index is 0.00000256. The van der Waals surface area contributed by atoms with E-state index in [-0.39, 0.29) is 69.1 Å². The molecule has 7 heteroatoms. The van der Waals surface area contributed by atoms with Gasteiger partial charge in [0.1, 0.15) is 11.8 Å². The number of anilines is 1. The minimum atomic E-state index is -0.332. The van der Waals surface area contributed by atoms with Gasteiger partial charge in [0.05, 0.1) is 0 Å². The van der Waals surface area contributed by atoms with Crippen LogP contribution in [0, 0.1) is 17.7 Å². The molecule has 4 rings (SSSR count). The molecule has 2 aromatic carbocycles. The number of nitrogens with zero attached hydrogens (tertiary/aromatic N) is 3. The van der Waals surface area contributed by atoms with E-state index in [1.807, 2.05) is 12.1 Å². The fourth-order valence-corrected chi connectivity index (χ4v) is 3.16. The van der Waals surface area contributed by atoms with Crippen LogP contribution in [0.5, 0.6) is 11.5 Å². The van der Waals surface area contributed by atoms with Crippen molar-refractivity contribution < 1.29 is 65.6 Å². The van der Waals surface area contributed by atoms with E-state index in [4.69, 9.17) is 4.74 Å². The number of hydrogen-bond acceptors (Lipinski definition) is 5. The van der Waals surface area contributed by atoms with E-state index < -0.39 is 0 Å². The van der Waals surface area contributed by atoms with Crippen molar-refractivity contribution >= 4 is 5.82 Å². The number of rotatable bonds is 3. The first kappa shape index (κ1) is 22.7. The van der Waals surface area contributed by atoms with Gasteiger partial charge in [-0.2, -0.15) is 0 Å². The summed E-state index contributed by atoms with van der Waals surface area (Å²) in [5.74, 6) is 6.64. The maximum atomic E-state index is 13.7. The molecule has 0 saturated carbocycles. The van der Waals surface area contributed by atoms with Crippen LogP contribution in [0.4, 0.5) is 10.2 Å². The summed E-state index contributed by atoms with van der Waals surface area (Å²) in [6.45, 7) is 1.53. The van der Waals surface area contributed by atoms with Crippen molar-refractivity contribution in [2.75, 3.05) is 18.0 Å². The largest absolute Gasteiger partial charge is 1.00 e. The first-order valence-corrected chi connectivity index (χ1v) is 9.46. The van der Waals surface area contributed by atoms with Crippen molar-refractivity contribution in [2.45, 2.75) is 18.9 Å². The van der Waals surface area contributed by atoms with Gasteiger partial charge in [-0.25, -0.2) is 4.39 Å². The molecule has 3 aromatic rings. The van der Waals surface area contributed by atoms with Crippen molar-refractivity contribution in [1.82, 2.24) is 10.2 Å². The molecule has 1 aliphatic rings. The van der Waals surface area contributed by atoms with Crippen molar-refractivity contribution in [3.63, 3.8) is 0 Å². The van der Waals surface area contributed by atoms with Gasteiger partial charge in [0.2, 0.25) is 0 Å². The predicted octanol–water partition coefficient (Wildman–Crippen LogP) is 0.141. The Morgan fingerprint density at radius 2 is 1.67 bits per heavy atom. The molecule has 1 aromatic heterocycles. The smallest absolute Gasteiger partial charge is 0.872 e. The molecule has 5 nitrogen and oxygen atoms in total. The van der Waals surface area contributed by atoms with Crippen LogP contribution in [-0.2, 0) is 0 Å². The normalized spacial score (nSPS) is 13.7. The molecule has 0 bridgehead atoms. The fraction of sp³-hybridized carbons (Fsp3) is 0.217. The van der Waals surface area contributed by atoms with E-state index in [0.29, 0.717) is 11.4 Å². The summed E-state index contributed by atoms with van der Waals surface area (Å²) in [5, 5.41) is 19.6. The van der Waals surface area contributed by atoms with Gasteiger partial charge in [-0.15, -0.1) is 15.9 Å². The SMILES string of the molecule is [K+].[O-]c1ccc(C#Cc2ccc(N3CCC(Oc4ccccc4F)CC3)nn2)cc1. The molecular weight excluding hydrogens is 408 g/mol. The Labute approximate surface area is 217 Å². The second kappa shape index (κ2) is 10.9. The molecule has 0 radical (unpaired) electrons. The first-order valence-electron chi connectivity index (χ1n) is 9.46. The van der Waals surface area contributed by atoms with Crippen LogP contribution in [0.15, 0.2) is 60.7 Å². The number of ether oxygens (including phenoxy) is 1. The van der Waals surface area contributed by atoms with E-state index in [1.54, 1.807) is 30.3 Å². The van der Waals surface area contributed by atoms with E-state index in [9.17, 15) is 9.50 Å². The van der Waals surface area contributed by atoms with Gasteiger partial charge in [0, 0.05) is 31.5 Å². The van der Waals surface area contributed by atoms with Gasteiger partial charge in [-0.1, -0.05) is 30.2 Å². The Bertz CT molecular complexity index is 1020. The Kier molecular flexibility index (Phi) is 8.25. The molecule has 146 valence electrons. The summed E-state index contributed by atoms with van der Waals surface area (Å²) >= 11 is 0. The maximum absolute atomic E-state index is 13.7. The van der Waals surface area contributed by atoms with E-state index in [2.05, 4.69) is 26.9 Å². The van der Waals surface area contributed by atoms with Crippen molar-refractivity contribution in [3.05, 3.63) is 77.7 Å². The van der Waals surface area contributed by atoms with Crippen molar-refractivity contribution in [1.29, 1.82) is 0 Å². The zero-order valence-corrected chi connectivity index (χ0v) is 19.8. The molecule has 0 atom stereocenters. The molecule has 1 saturated heterocycles. The van der Waals surface area contributed by atoms with Crippen LogP contribution in [0.2, 0.25) is 0 Å². The second-order valence-corrected chi connectivity index (χ2v) is 6.79. The number of para-hydroxylation sites is 1. The minimum Gasteiger partial charge on any atom is -0.872 e. The summed E-state index contributed by atoms with van der Waals surface area (Å²) < 4.78 is 19.5. The molecule has 0 N–H and O–H groups in total. The van der Waals surface area contributed by atoms with Crippen molar-refractivity contribution in [2.24, 2.45) is 0 Å². The van der Waals surface area contributed by atoms with Gasteiger partial charge in [-0.3, -0.25) is 0 Å². The Morgan fingerprint density at radius 3 is 2.33 bits per heavy atom. The monoisotopic (exact) mass is 427 g/mol. The Hall–Kier alpha value is -1.95. The first-order chi connectivity index (χ1) is 14.2. The van der Waals surface area contributed by atoms with Crippen LogP contribution < -0.4 is 66.1 Å². The Morgan fingerprint density at radius 1 is 0.933 bits per heavy atom. The summed E-state index contributed by atoms with van der Waals surface area (Å²) in [7, 11) is 0. The fourth-order valence-electron chi connectivity index (χ4n) is 3.16. The number of aromatic nitrogens is 2. The minimum absolute atomic E-state index is 0. The van der Waals surface area contributed by atoms with Crippen LogP contribution in [0.1, 0.15) is 24.1 Å². The van der Waals surface area contributed by atoms with E-state index in [0.717, 1.165) is 37.3 Å². The maximum Gasteiger partial charge on any atom is 1.00 e. The topological polar surface area (TPSA) is 61.3 Å². The van der Waals surface area contributed by atoms with Gasteiger partial charge >= 0.3 is 51.4 Å². The van der Waals surface area contributed by atoms with Gasteiger partial charge in [0.15, 0.2) is 17.4 Å². The van der Waals surface area contributed by atoms with Crippen LogP contribution >= 0.6 is 0 Å². The summed E-state index contributed by atoms with van der Waals surface area (Å²) in [6, 6.07) is 16.6. The zero-order chi connectivity index (χ0) is 20.1. The third-order valence-corrected chi connectivity index (χ3v) is 4.74. The number of piperidine rings is 1. The predicted molar refractivity (Wildman–Crippen MR) is 106 cm³/mol. The van der Waals surface area contributed by atoms with E-state index in [1.165, 1.54) is 18.2 Å². The molecule has 2 heterocycles. The van der Waals surface area contributed by atoms with Crippen molar-refractivity contribution in [3.8, 4) is 23.3 Å². The molecule has 30 heavy (non-hydrogen) atoms. The summed E-state index contributed by atoms with van der Waals surface area (Å²) in [4.78, 5) is 2.14. The van der Waals surface area contributed by atoms with Gasteiger partial charge < -0.3 is 14.7 Å². The standard InChI is InChI=1S/C23H20FN3O2.K/c24-21-3-1-2-4-22(21)29-20-13-15-27(16-14-20)23-12-9-18(25-26-23)8-5-17-6-10-19(28)11-7-17;/h1-4,6-7,9-12,20,28H,13-16H2;/q;+1/p-1. The molecule has 0 unspecified atom stereocenters. The second-order valence-electron chi connectivity index (χ2n) is 6.79. The number of halogens is 1. The molecule has 0 amide bonds. The zero-order valence-electron chi connectivity index (χ0n) is 16.7. The summed E-state index contributed by atoms with van der Waals surface area (Å²) in [5.41, 5.74) is 1.32. The molecule has 0 spiro atoms. The molecule has 0 aliphatic carbocycles.